The van der Waals surface area contributed by atoms with Gasteiger partial charge in [0, 0.05) is 6.20 Å². The predicted octanol–water partition coefficient (Wildman–Crippen LogP) is 2.23. The van der Waals surface area contributed by atoms with Crippen LogP contribution in [0.5, 0.6) is 5.75 Å². The van der Waals surface area contributed by atoms with Crippen LogP contribution in [0.2, 0.25) is 0 Å². The normalized spacial score (nSPS) is 23.9. The molecule has 1 aliphatic heterocycles. The highest BCUT2D eigenvalue weighted by Gasteiger charge is 2.53. The van der Waals surface area contributed by atoms with E-state index in [2.05, 4.69) is 4.98 Å². The summed E-state index contributed by atoms with van der Waals surface area (Å²) in [6.45, 7) is 10.2. The average Bonchev–Trinajstić information content (AvgIpc) is 3.07. The van der Waals surface area contributed by atoms with Crippen molar-refractivity contribution in [2.75, 3.05) is 0 Å². The Morgan fingerprint density at radius 1 is 1.20 bits per heavy atom. The summed E-state index contributed by atoms with van der Waals surface area (Å²) in [7, 11) is -0.464. The number of rotatable bonds is 3. The molecule has 1 aliphatic carbocycles. The number of aryl methyl sites for hydroxylation is 1. The molecule has 1 aromatic heterocycles. The second-order valence-corrected chi connectivity index (χ2v) is 6.80. The van der Waals surface area contributed by atoms with E-state index >= 15 is 0 Å². The first kappa shape index (κ1) is 13.9. The quantitative estimate of drug-likeness (QED) is 0.793. The van der Waals surface area contributed by atoms with Crippen molar-refractivity contribution in [2.45, 2.75) is 64.8 Å². The average molecular weight is 275 g/mol. The minimum Gasteiger partial charge on any atom is -0.489 e. The summed E-state index contributed by atoms with van der Waals surface area (Å²) in [5.74, 6) is 0.797. The van der Waals surface area contributed by atoms with Crippen LogP contribution in [0.4, 0.5) is 0 Å². The van der Waals surface area contributed by atoms with Crippen LogP contribution in [0.25, 0.3) is 0 Å². The molecule has 0 unspecified atom stereocenters. The maximum Gasteiger partial charge on any atom is 0.518 e. The Labute approximate surface area is 121 Å². The molecule has 0 amide bonds. The highest BCUT2D eigenvalue weighted by atomic mass is 16.7. The number of pyridine rings is 1. The van der Waals surface area contributed by atoms with Gasteiger partial charge in [-0.1, -0.05) is 0 Å². The molecule has 1 saturated heterocycles. The maximum atomic E-state index is 6.07. The fraction of sp³-hybridized carbons (Fsp3) is 0.667. The molecular weight excluding hydrogens is 253 g/mol. The van der Waals surface area contributed by atoms with Crippen molar-refractivity contribution in [3.05, 3.63) is 17.8 Å². The van der Waals surface area contributed by atoms with E-state index in [9.17, 15) is 0 Å². The molecule has 2 fully saturated rings. The Morgan fingerprint density at radius 3 is 2.35 bits per heavy atom. The standard InChI is InChI=1S/C15H22BNO3/c1-10-8-12(18-11-6-7-11)13(17-9-10)16-19-14(2,3)15(4,5)20-16/h8-9,11H,6-7H2,1-5H3. The predicted molar refractivity (Wildman–Crippen MR) is 78.3 cm³/mol. The van der Waals surface area contributed by atoms with E-state index in [0.29, 0.717) is 6.10 Å². The van der Waals surface area contributed by atoms with Gasteiger partial charge in [-0.15, -0.1) is 0 Å². The van der Waals surface area contributed by atoms with E-state index in [1.807, 2.05) is 46.9 Å². The summed E-state index contributed by atoms with van der Waals surface area (Å²) in [6, 6.07) is 2.02. The largest absolute Gasteiger partial charge is 0.518 e. The Bertz CT molecular complexity index is 510. The van der Waals surface area contributed by atoms with Crippen molar-refractivity contribution in [2.24, 2.45) is 0 Å². The first-order chi connectivity index (χ1) is 9.28. The molecule has 0 spiro atoms. The van der Waals surface area contributed by atoms with Gasteiger partial charge < -0.3 is 14.0 Å². The Hall–Kier alpha value is -1.07. The van der Waals surface area contributed by atoms with Crippen LogP contribution in [-0.2, 0) is 9.31 Å². The molecule has 0 aromatic carbocycles. The lowest BCUT2D eigenvalue weighted by molar-refractivity contribution is 0.00578. The number of aromatic nitrogens is 1. The van der Waals surface area contributed by atoms with Gasteiger partial charge >= 0.3 is 7.12 Å². The number of hydrogen-bond acceptors (Lipinski definition) is 4. The van der Waals surface area contributed by atoms with Crippen molar-refractivity contribution in [1.29, 1.82) is 0 Å². The molecule has 3 rings (SSSR count). The highest BCUT2D eigenvalue weighted by molar-refractivity contribution is 6.62. The second-order valence-electron chi connectivity index (χ2n) is 6.80. The van der Waals surface area contributed by atoms with E-state index in [4.69, 9.17) is 14.0 Å². The van der Waals surface area contributed by atoms with Crippen molar-refractivity contribution >= 4 is 12.7 Å². The second kappa shape index (κ2) is 4.47. The summed E-state index contributed by atoms with van der Waals surface area (Å²) in [5, 5.41) is 0. The topological polar surface area (TPSA) is 40.6 Å². The Morgan fingerprint density at radius 2 is 1.80 bits per heavy atom. The Balaban J connectivity index is 1.90. The van der Waals surface area contributed by atoms with Crippen LogP contribution in [0.15, 0.2) is 12.3 Å². The van der Waals surface area contributed by atoms with Gasteiger partial charge in [0.2, 0.25) is 0 Å². The third-order valence-corrected chi connectivity index (χ3v) is 4.31. The Kier molecular flexibility index (Phi) is 3.10. The summed E-state index contributed by atoms with van der Waals surface area (Å²) < 4.78 is 18.1. The first-order valence-corrected chi connectivity index (χ1v) is 7.27. The zero-order valence-corrected chi connectivity index (χ0v) is 12.9. The summed E-state index contributed by atoms with van der Waals surface area (Å²) >= 11 is 0. The van der Waals surface area contributed by atoms with Gasteiger partial charge in [-0.05, 0) is 59.1 Å². The van der Waals surface area contributed by atoms with Crippen LogP contribution in [-0.4, -0.2) is 29.4 Å². The zero-order chi connectivity index (χ0) is 14.5. The molecule has 1 aromatic rings. The van der Waals surface area contributed by atoms with Gasteiger partial charge in [0.1, 0.15) is 11.3 Å². The first-order valence-electron chi connectivity index (χ1n) is 7.27. The summed E-state index contributed by atoms with van der Waals surface area (Å²) in [5.41, 5.74) is 1.12. The minimum atomic E-state index is -0.464. The molecule has 0 N–H and O–H groups in total. The summed E-state index contributed by atoms with van der Waals surface area (Å²) in [6.07, 6.45) is 4.41. The lowest BCUT2D eigenvalue weighted by Crippen LogP contribution is -2.41. The highest BCUT2D eigenvalue weighted by Crippen LogP contribution is 2.37. The van der Waals surface area contributed by atoms with E-state index in [1.54, 1.807) is 0 Å². The van der Waals surface area contributed by atoms with E-state index in [1.165, 1.54) is 0 Å². The molecule has 2 aliphatic rings. The van der Waals surface area contributed by atoms with Crippen molar-refractivity contribution in [3.8, 4) is 5.75 Å². The zero-order valence-electron chi connectivity index (χ0n) is 12.9. The van der Waals surface area contributed by atoms with Crippen LogP contribution >= 0.6 is 0 Å². The van der Waals surface area contributed by atoms with Gasteiger partial charge in [0.25, 0.3) is 0 Å². The fourth-order valence-electron chi connectivity index (χ4n) is 2.14. The monoisotopic (exact) mass is 275 g/mol. The summed E-state index contributed by atoms with van der Waals surface area (Å²) in [4.78, 5) is 4.50. The minimum absolute atomic E-state index is 0.333. The number of ether oxygens (including phenoxy) is 1. The molecule has 0 radical (unpaired) electrons. The smallest absolute Gasteiger partial charge is 0.489 e. The van der Waals surface area contributed by atoms with Crippen LogP contribution in [0, 0.1) is 6.92 Å². The van der Waals surface area contributed by atoms with Gasteiger partial charge in [0.15, 0.2) is 0 Å². The van der Waals surface area contributed by atoms with E-state index in [0.717, 1.165) is 29.7 Å². The molecule has 4 nitrogen and oxygen atoms in total. The molecule has 0 atom stereocenters. The SMILES string of the molecule is Cc1cnc(B2OC(C)(C)C(C)(C)O2)c(OC2CC2)c1. The van der Waals surface area contributed by atoms with Gasteiger partial charge in [0.05, 0.1) is 17.3 Å². The van der Waals surface area contributed by atoms with Crippen molar-refractivity contribution in [3.63, 3.8) is 0 Å². The fourth-order valence-corrected chi connectivity index (χ4v) is 2.14. The molecule has 2 heterocycles. The third kappa shape index (κ3) is 2.45. The lowest BCUT2D eigenvalue weighted by atomic mass is 9.83. The number of nitrogens with zero attached hydrogens (tertiary/aromatic N) is 1. The van der Waals surface area contributed by atoms with Gasteiger partial charge in [-0.2, -0.15) is 0 Å². The van der Waals surface area contributed by atoms with Crippen LogP contribution < -0.4 is 10.3 Å². The van der Waals surface area contributed by atoms with Crippen molar-refractivity contribution in [1.82, 2.24) is 4.98 Å². The molecular formula is C15H22BNO3. The van der Waals surface area contributed by atoms with Crippen LogP contribution in [0.3, 0.4) is 0 Å². The van der Waals surface area contributed by atoms with Crippen LogP contribution in [0.1, 0.15) is 46.1 Å². The number of hydrogen-bond donors (Lipinski definition) is 0. The molecule has 5 heteroatoms. The van der Waals surface area contributed by atoms with Crippen molar-refractivity contribution < 1.29 is 14.0 Å². The van der Waals surface area contributed by atoms with E-state index < -0.39 is 7.12 Å². The third-order valence-electron chi connectivity index (χ3n) is 4.31. The van der Waals surface area contributed by atoms with Gasteiger partial charge in [-0.3, -0.25) is 4.98 Å². The van der Waals surface area contributed by atoms with E-state index in [-0.39, 0.29) is 11.2 Å². The lowest BCUT2D eigenvalue weighted by Gasteiger charge is -2.32. The molecule has 108 valence electrons. The molecule has 1 saturated carbocycles. The molecule has 0 bridgehead atoms. The maximum absolute atomic E-state index is 6.07. The molecule has 20 heavy (non-hydrogen) atoms. The van der Waals surface area contributed by atoms with Gasteiger partial charge in [-0.25, -0.2) is 0 Å².